The second-order valence-corrected chi connectivity index (χ2v) is 4.26. The number of rotatable bonds is 4. The fraction of sp³-hybridized carbons (Fsp3) is 0.417. The lowest BCUT2D eigenvalue weighted by atomic mass is 9.96. The molecular weight excluding hydrogens is 196 g/mol. The van der Waals surface area contributed by atoms with Crippen molar-refractivity contribution < 1.29 is 4.79 Å². The Labute approximate surface area is 90.1 Å². The fourth-order valence-electron chi connectivity index (χ4n) is 1.46. The minimum Gasteiger partial charge on any atom is -0.298 e. The predicted octanol–water partition coefficient (Wildman–Crippen LogP) is 3.06. The van der Waals surface area contributed by atoms with Crippen LogP contribution >= 0.6 is 11.6 Å². The van der Waals surface area contributed by atoms with Crippen LogP contribution in [0, 0.1) is 5.92 Å². The lowest BCUT2D eigenvalue weighted by molar-refractivity contribution is -0.121. The summed E-state index contributed by atoms with van der Waals surface area (Å²) in [6.07, 6.45) is 0.775. The molecule has 0 aliphatic carbocycles. The molecule has 0 saturated carbocycles. The van der Waals surface area contributed by atoms with Crippen molar-refractivity contribution in [2.75, 3.05) is 0 Å². The van der Waals surface area contributed by atoms with Crippen molar-refractivity contribution in [3.05, 3.63) is 35.9 Å². The molecule has 1 aromatic carbocycles. The Morgan fingerprint density at radius 2 is 1.86 bits per heavy atom. The Hall–Kier alpha value is -0.820. The number of ketones is 1. The van der Waals surface area contributed by atoms with Gasteiger partial charge < -0.3 is 0 Å². The van der Waals surface area contributed by atoms with Crippen LogP contribution < -0.4 is 0 Å². The van der Waals surface area contributed by atoms with Gasteiger partial charge in [0.15, 0.2) is 5.78 Å². The normalized spacial score (nSPS) is 14.8. The van der Waals surface area contributed by atoms with E-state index in [1.54, 1.807) is 6.92 Å². The molecule has 0 bridgehead atoms. The van der Waals surface area contributed by atoms with Gasteiger partial charge in [0.25, 0.3) is 0 Å². The van der Waals surface area contributed by atoms with Gasteiger partial charge in [0.1, 0.15) is 0 Å². The first-order valence-corrected chi connectivity index (χ1v) is 5.26. The summed E-state index contributed by atoms with van der Waals surface area (Å²) in [4.78, 5) is 11.5. The van der Waals surface area contributed by atoms with Crippen LogP contribution in [0.15, 0.2) is 30.3 Å². The van der Waals surface area contributed by atoms with Crippen molar-refractivity contribution in [2.24, 2.45) is 5.92 Å². The molecule has 14 heavy (non-hydrogen) atoms. The van der Waals surface area contributed by atoms with Crippen molar-refractivity contribution in [1.29, 1.82) is 0 Å². The summed E-state index contributed by atoms with van der Waals surface area (Å²) in [7, 11) is 0. The number of carbonyl (C=O) groups is 1. The molecule has 0 saturated heterocycles. The Morgan fingerprint density at radius 3 is 2.36 bits per heavy atom. The molecule has 1 aromatic rings. The van der Waals surface area contributed by atoms with E-state index in [4.69, 9.17) is 11.6 Å². The molecule has 0 aliphatic heterocycles. The second-order valence-electron chi connectivity index (χ2n) is 3.61. The minimum atomic E-state index is -0.381. The third kappa shape index (κ3) is 3.15. The van der Waals surface area contributed by atoms with Crippen LogP contribution in [0.1, 0.15) is 19.4 Å². The molecule has 0 radical (unpaired) electrons. The first-order chi connectivity index (χ1) is 6.61. The van der Waals surface area contributed by atoms with E-state index in [0.717, 1.165) is 6.42 Å². The Bertz CT molecular complexity index is 292. The van der Waals surface area contributed by atoms with E-state index in [-0.39, 0.29) is 17.1 Å². The van der Waals surface area contributed by atoms with Crippen LogP contribution in [-0.4, -0.2) is 11.2 Å². The average Bonchev–Trinajstić information content (AvgIpc) is 2.18. The largest absolute Gasteiger partial charge is 0.298 e. The van der Waals surface area contributed by atoms with Gasteiger partial charge in [-0.1, -0.05) is 37.3 Å². The van der Waals surface area contributed by atoms with E-state index in [9.17, 15) is 4.79 Å². The van der Waals surface area contributed by atoms with Gasteiger partial charge in [-0.2, -0.15) is 0 Å². The molecule has 0 spiro atoms. The molecular formula is C12H15ClO. The van der Waals surface area contributed by atoms with Crippen LogP contribution in [-0.2, 0) is 11.2 Å². The van der Waals surface area contributed by atoms with Crippen molar-refractivity contribution in [2.45, 2.75) is 25.6 Å². The standard InChI is InChI=1S/C12H15ClO/c1-9(12(14)10(2)13)8-11-6-4-3-5-7-11/h3-7,9-10H,8H2,1-2H3. The predicted molar refractivity (Wildman–Crippen MR) is 59.6 cm³/mol. The van der Waals surface area contributed by atoms with Crippen molar-refractivity contribution in [1.82, 2.24) is 0 Å². The van der Waals surface area contributed by atoms with Crippen molar-refractivity contribution in [3.63, 3.8) is 0 Å². The van der Waals surface area contributed by atoms with Gasteiger partial charge in [-0.3, -0.25) is 4.79 Å². The molecule has 0 heterocycles. The van der Waals surface area contributed by atoms with E-state index >= 15 is 0 Å². The lowest BCUT2D eigenvalue weighted by Gasteiger charge is -2.11. The number of benzene rings is 1. The zero-order valence-corrected chi connectivity index (χ0v) is 9.29. The third-order valence-electron chi connectivity index (χ3n) is 2.26. The second kappa shape index (κ2) is 5.16. The summed E-state index contributed by atoms with van der Waals surface area (Å²) in [6.45, 7) is 3.65. The highest BCUT2D eigenvalue weighted by molar-refractivity contribution is 6.31. The molecule has 2 unspecified atom stereocenters. The minimum absolute atomic E-state index is 0.00454. The van der Waals surface area contributed by atoms with E-state index < -0.39 is 0 Å². The molecule has 1 rings (SSSR count). The molecule has 0 fully saturated rings. The van der Waals surface area contributed by atoms with Crippen molar-refractivity contribution >= 4 is 17.4 Å². The summed E-state index contributed by atoms with van der Waals surface area (Å²) in [5.41, 5.74) is 1.19. The number of alkyl halides is 1. The van der Waals surface area contributed by atoms with Gasteiger partial charge in [-0.05, 0) is 18.9 Å². The molecule has 0 aliphatic rings. The van der Waals surface area contributed by atoms with Crippen LogP contribution in [0.4, 0.5) is 0 Å². The molecule has 2 heteroatoms. The Kier molecular flexibility index (Phi) is 4.15. The summed E-state index contributed by atoms with van der Waals surface area (Å²) >= 11 is 5.74. The fourth-order valence-corrected chi connectivity index (χ4v) is 1.68. The molecule has 1 nitrogen and oxygen atoms in total. The summed E-state index contributed by atoms with van der Waals surface area (Å²) in [5.74, 6) is 0.125. The number of hydrogen-bond donors (Lipinski definition) is 0. The Balaban J connectivity index is 2.57. The highest BCUT2D eigenvalue weighted by Gasteiger charge is 2.17. The zero-order valence-electron chi connectivity index (χ0n) is 8.53. The topological polar surface area (TPSA) is 17.1 Å². The van der Waals surface area contributed by atoms with E-state index in [0.29, 0.717) is 0 Å². The highest BCUT2D eigenvalue weighted by Crippen LogP contribution is 2.12. The smallest absolute Gasteiger partial charge is 0.153 e. The van der Waals surface area contributed by atoms with Crippen LogP contribution in [0.2, 0.25) is 0 Å². The number of carbonyl (C=O) groups excluding carboxylic acids is 1. The zero-order chi connectivity index (χ0) is 10.6. The average molecular weight is 211 g/mol. The van der Waals surface area contributed by atoms with Gasteiger partial charge >= 0.3 is 0 Å². The SMILES string of the molecule is CC(Cl)C(=O)C(C)Cc1ccccc1. The van der Waals surface area contributed by atoms with Crippen LogP contribution in [0.5, 0.6) is 0 Å². The quantitative estimate of drug-likeness (QED) is 0.699. The first kappa shape index (κ1) is 11.3. The number of halogens is 1. The molecule has 0 N–H and O–H groups in total. The van der Waals surface area contributed by atoms with Crippen LogP contribution in [0.25, 0.3) is 0 Å². The first-order valence-electron chi connectivity index (χ1n) is 4.83. The maximum Gasteiger partial charge on any atom is 0.153 e. The summed E-state index contributed by atoms with van der Waals surface area (Å²) in [5, 5.41) is -0.381. The number of Topliss-reactive ketones (excluding diaryl/α,β-unsaturated/α-hetero) is 1. The van der Waals surface area contributed by atoms with Gasteiger partial charge in [0.2, 0.25) is 0 Å². The van der Waals surface area contributed by atoms with Gasteiger partial charge in [0.05, 0.1) is 5.38 Å². The molecule has 0 amide bonds. The Morgan fingerprint density at radius 1 is 1.29 bits per heavy atom. The van der Waals surface area contributed by atoms with Gasteiger partial charge in [-0.15, -0.1) is 11.6 Å². The number of hydrogen-bond acceptors (Lipinski definition) is 1. The summed E-state index contributed by atoms with van der Waals surface area (Å²) in [6, 6.07) is 10.00. The highest BCUT2D eigenvalue weighted by atomic mass is 35.5. The lowest BCUT2D eigenvalue weighted by Crippen LogP contribution is -2.21. The van der Waals surface area contributed by atoms with E-state index in [2.05, 4.69) is 0 Å². The molecule has 76 valence electrons. The van der Waals surface area contributed by atoms with Crippen LogP contribution in [0.3, 0.4) is 0 Å². The monoisotopic (exact) mass is 210 g/mol. The van der Waals surface area contributed by atoms with E-state index in [1.807, 2.05) is 37.3 Å². The molecule has 2 atom stereocenters. The summed E-state index contributed by atoms with van der Waals surface area (Å²) < 4.78 is 0. The third-order valence-corrected chi connectivity index (χ3v) is 2.48. The maximum absolute atomic E-state index is 11.5. The van der Waals surface area contributed by atoms with Gasteiger partial charge in [-0.25, -0.2) is 0 Å². The van der Waals surface area contributed by atoms with E-state index in [1.165, 1.54) is 5.56 Å². The maximum atomic E-state index is 11.5. The van der Waals surface area contributed by atoms with Gasteiger partial charge in [0, 0.05) is 5.92 Å². The molecule has 0 aromatic heterocycles. The van der Waals surface area contributed by atoms with Crippen molar-refractivity contribution in [3.8, 4) is 0 Å².